The predicted octanol–water partition coefficient (Wildman–Crippen LogP) is 6.24. The summed E-state index contributed by atoms with van der Waals surface area (Å²) in [6, 6.07) is 10.0. The Morgan fingerprint density at radius 2 is 1.32 bits per heavy atom. The first kappa shape index (κ1) is 24.0. The predicted molar refractivity (Wildman–Crippen MR) is 122 cm³/mol. The number of nitro benzene ring substituents is 2. The van der Waals surface area contributed by atoms with Crippen LogP contribution in [-0.4, -0.2) is 14.1 Å². The molecule has 0 aromatic heterocycles. The van der Waals surface area contributed by atoms with Gasteiger partial charge in [-0.3, -0.25) is 20.2 Å². The quantitative estimate of drug-likeness (QED) is 0.211. The number of hydrogen-bond donors (Lipinski definition) is 0. The Kier molecular flexibility index (Phi) is 6.26. The molecule has 0 radical (unpaired) electrons. The summed E-state index contributed by atoms with van der Waals surface area (Å²) in [6.07, 6.45) is 0. The number of nitrogens with zero attached hydrogens (tertiary/aromatic N) is 2. The summed E-state index contributed by atoms with van der Waals surface area (Å²) in [7, 11) is -7.29. The molecule has 1 aliphatic heterocycles. The number of aryl methyl sites for hydroxylation is 1. The van der Waals surface area contributed by atoms with Crippen molar-refractivity contribution in [1.29, 1.82) is 0 Å². The number of nitro groups is 2. The molecular weight excluding hydrogens is 534 g/mol. The molecule has 11 nitrogen and oxygen atoms in total. The lowest BCUT2D eigenvalue weighted by Crippen LogP contribution is -2.15. The minimum atomic E-state index is -4.91. The van der Waals surface area contributed by atoms with Crippen LogP contribution in [0.3, 0.4) is 0 Å². The second-order valence-electron chi connectivity index (χ2n) is 6.82. The molecule has 0 amide bonds. The molecule has 4 rings (SSSR count). The Labute approximate surface area is 203 Å². The fourth-order valence-electron chi connectivity index (χ4n) is 2.97. The molecule has 0 bridgehead atoms. The van der Waals surface area contributed by atoms with Gasteiger partial charge in [-0.15, -0.1) is 0 Å². The molecule has 0 fully saturated rings. The Hall–Kier alpha value is -3.18. The summed E-state index contributed by atoms with van der Waals surface area (Å²) in [6.45, 7) is 1.79. The van der Waals surface area contributed by atoms with Gasteiger partial charge in [-0.25, -0.2) is 4.21 Å². The number of fused-ring (bicyclic) bond motifs is 2. The van der Waals surface area contributed by atoms with Crippen molar-refractivity contribution in [3.63, 3.8) is 0 Å². The maximum atomic E-state index is 13.7. The largest absolute Gasteiger partial charge is 0.647 e. The van der Waals surface area contributed by atoms with Crippen molar-refractivity contribution in [2.24, 2.45) is 0 Å². The van der Waals surface area contributed by atoms with Crippen LogP contribution in [0, 0.1) is 27.2 Å². The molecule has 0 aliphatic carbocycles. The molecule has 3 aromatic carbocycles. The van der Waals surface area contributed by atoms with Gasteiger partial charge in [0.15, 0.2) is 0 Å². The van der Waals surface area contributed by atoms with Gasteiger partial charge in [0.05, 0.1) is 30.4 Å². The summed E-state index contributed by atoms with van der Waals surface area (Å²) in [5.41, 5.74) is -0.703. The third kappa shape index (κ3) is 4.58. The summed E-state index contributed by atoms with van der Waals surface area (Å²) >= 11 is 12.0. The minimum Gasteiger partial charge on any atom is -0.386 e. The van der Waals surface area contributed by atoms with Crippen LogP contribution in [-0.2, 0) is 15.4 Å². The maximum absolute atomic E-state index is 13.7. The maximum Gasteiger partial charge on any atom is 0.647 e. The van der Waals surface area contributed by atoms with E-state index in [9.17, 15) is 29.0 Å². The average Bonchev–Trinajstić information content (AvgIpc) is 2.75. The van der Waals surface area contributed by atoms with Crippen molar-refractivity contribution < 1.29 is 32.2 Å². The van der Waals surface area contributed by atoms with Crippen molar-refractivity contribution in [1.82, 2.24) is 0 Å². The lowest BCUT2D eigenvalue weighted by atomic mass is 10.2. The molecule has 0 N–H and O–H groups in total. The number of phosphoric acid groups is 1. The second kappa shape index (κ2) is 8.88. The average molecular weight is 545 g/mol. The molecule has 34 heavy (non-hydrogen) atoms. The van der Waals surface area contributed by atoms with Crippen LogP contribution in [0.5, 0.6) is 17.2 Å². The summed E-state index contributed by atoms with van der Waals surface area (Å²) in [5, 5.41) is 23.0. The Morgan fingerprint density at radius 3 is 1.74 bits per heavy atom. The number of hydrogen-bond acceptors (Lipinski definition) is 9. The SMILES string of the molecule is Cc1ccc(OP2(=O)Oc3c([N+](=O)[O-])cc(Cl)cc3S(=O)c3cc(Cl)cc([N+](=O)[O-])c3O2)cc1. The molecule has 0 atom stereocenters. The zero-order chi connectivity index (χ0) is 24.8. The first-order chi connectivity index (χ1) is 16.0. The highest BCUT2D eigenvalue weighted by atomic mass is 35.5. The lowest BCUT2D eigenvalue weighted by Gasteiger charge is -2.24. The van der Waals surface area contributed by atoms with Gasteiger partial charge in [0.25, 0.3) is 0 Å². The van der Waals surface area contributed by atoms with Crippen LogP contribution in [0.15, 0.2) is 58.3 Å². The van der Waals surface area contributed by atoms with E-state index in [1.54, 1.807) is 19.1 Å². The van der Waals surface area contributed by atoms with E-state index in [1.165, 1.54) is 12.1 Å². The molecule has 176 valence electrons. The molecular formula is C19H11Cl2N2O9PS. The van der Waals surface area contributed by atoms with E-state index in [1.807, 2.05) is 0 Å². The second-order valence-corrected chi connectivity index (χ2v) is 10.6. The van der Waals surface area contributed by atoms with Gasteiger partial charge < -0.3 is 13.6 Å². The topological polar surface area (TPSA) is 148 Å². The molecule has 0 saturated heterocycles. The molecule has 1 aliphatic rings. The summed E-state index contributed by atoms with van der Waals surface area (Å²) < 4.78 is 43.3. The first-order valence-electron chi connectivity index (χ1n) is 9.10. The van der Waals surface area contributed by atoms with E-state index in [2.05, 4.69) is 0 Å². The van der Waals surface area contributed by atoms with E-state index in [-0.39, 0.29) is 25.6 Å². The van der Waals surface area contributed by atoms with E-state index in [4.69, 9.17) is 36.8 Å². The zero-order valence-corrected chi connectivity index (χ0v) is 20.0. The van der Waals surface area contributed by atoms with Gasteiger partial charge >= 0.3 is 19.2 Å². The highest BCUT2D eigenvalue weighted by Crippen LogP contribution is 2.58. The summed E-state index contributed by atoms with van der Waals surface area (Å²) in [5.74, 6) is -1.42. The summed E-state index contributed by atoms with van der Waals surface area (Å²) in [4.78, 5) is 20.8. The molecule has 1 heterocycles. The Balaban J connectivity index is 2.02. The Morgan fingerprint density at radius 1 is 0.882 bits per heavy atom. The fourth-order valence-corrected chi connectivity index (χ4v) is 6.30. The van der Waals surface area contributed by atoms with Gasteiger partial charge in [-0.2, -0.15) is 4.57 Å². The monoisotopic (exact) mass is 544 g/mol. The molecule has 3 aromatic rings. The van der Waals surface area contributed by atoms with Crippen molar-refractivity contribution in [2.45, 2.75) is 16.7 Å². The number of rotatable bonds is 4. The zero-order valence-electron chi connectivity index (χ0n) is 16.8. The van der Waals surface area contributed by atoms with E-state index < -0.39 is 51.3 Å². The molecule has 15 heteroatoms. The van der Waals surface area contributed by atoms with E-state index in [0.717, 1.165) is 29.8 Å². The standard InChI is InChI=1S/C19H11Cl2N2O9PS/c1-10-2-4-13(5-3-10)30-33(28)31-18-14(22(24)25)6-11(20)8-16(18)34(29)17-9-12(21)7-15(23(26)27)19(17)32-33/h2-9H,1H3. The third-order valence-electron chi connectivity index (χ3n) is 4.44. The highest BCUT2D eigenvalue weighted by molar-refractivity contribution is 7.85. The van der Waals surface area contributed by atoms with E-state index in [0.29, 0.717) is 0 Å². The number of halogens is 2. The van der Waals surface area contributed by atoms with Crippen LogP contribution in [0.1, 0.15) is 5.56 Å². The lowest BCUT2D eigenvalue weighted by molar-refractivity contribution is -0.386. The normalized spacial score (nSPS) is 18.9. The third-order valence-corrected chi connectivity index (χ3v) is 7.53. The van der Waals surface area contributed by atoms with Crippen LogP contribution >= 0.6 is 31.0 Å². The Bertz CT molecular complexity index is 1350. The first-order valence-corrected chi connectivity index (χ1v) is 12.5. The van der Waals surface area contributed by atoms with E-state index >= 15 is 0 Å². The van der Waals surface area contributed by atoms with Gasteiger partial charge in [-0.05, 0) is 31.2 Å². The van der Waals surface area contributed by atoms with Crippen LogP contribution in [0.2, 0.25) is 10.0 Å². The van der Waals surface area contributed by atoms with Crippen LogP contribution in [0.4, 0.5) is 11.4 Å². The number of benzene rings is 3. The van der Waals surface area contributed by atoms with Gasteiger partial charge in [0.1, 0.15) is 5.75 Å². The molecule has 0 saturated carbocycles. The van der Waals surface area contributed by atoms with Gasteiger partial charge in [0.2, 0.25) is 11.5 Å². The fraction of sp³-hybridized carbons (Fsp3) is 0.0526. The minimum absolute atomic E-state index is 0.0213. The smallest absolute Gasteiger partial charge is 0.386 e. The van der Waals surface area contributed by atoms with Crippen LogP contribution < -0.4 is 13.6 Å². The van der Waals surface area contributed by atoms with Gasteiger partial charge in [0, 0.05) is 22.2 Å². The van der Waals surface area contributed by atoms with Gasteiger partial charge in [-0.1, -0.05) is 40.9 Å². The number of phosphoric ester groups is 1. The highest BCUT2D eigenvalue weighted by Gasteiger charge is 2.44. The van der Waals surface area contributed by atoms with Crippen molar-refractivity contribution in [3.05, 3.63) is 84.4 Å². The molecule has 0 spiro atoms. The van der Waals surface area contributed by atoms with Crippen molar-refractivity contribution >= 4 is 53.2 Å². The van der Waals surface area contributed by atoms with Crippen molar-refractivity contribution in [3.8, 4) is 17.2 Å². The molecule has 0 unspecified atom stereocenters. The van der Waals surface area contributed by atoms with Crippen molar-refractivity contribution in [2.75, 3.05) is 0 Å². The van der Waals surface area contributed by atoms with Crippen LogP contribution in [0.25, 0.3) is 0 Å².